The minimum atomic E-state index is -4.67. The largest absolute Gasteiger partial charge is 0.416 e. The van der Waals surface area contributed by atoms with Gasteiger partial charge in [-0.1, -0.05) is 60.2 Å². The highest BCUT2D eigenvalue weighted by Crippen LogP contribution is 2.48. The van der Waals surface area contributed by atoms with Gasteiger partial charge in [0.05, 0.1) is 25.2 Å². The van der Waals surface area contributed by atoms with Gasteiger partial charge in [0.2, 0.25) is 0 Å². The Morgan fingerprint density at radius 2 is 1.70 bits per heavy atom. The zero-order valence-electron chi connectivity index (χ0n) is 20.8. The lowest BCUT2D eigenvalue weighted by molar-refractivity contribution is -0.200. The highest BCUT2D eigenvalue weighted by molar-refractivity contribution is 5.67. The molecule has 37 heavy (non-hydrogen) atoms. The molecule has 4 nitrogen and oxygen atoms in total. The average Bonchev–Trinajstić information content (AvgIpc) is 3.11. The number of halogens is 3. The van der Waals surface area contributed by atoms with Crippen molar-refractivity contribution in [3.05, 3.63) is 95.1 Å². The Balaban J connectivity index is 1.38. The third kappa shape index (κ3) is 4.28. The van der Waals surface area contributed by atoms with E-state index < -0.39 is 24.2 Å². The smallest absolute Gasteiger partial charge is 0.382 e. The Hall–Kier alpha value is -3.03. The number of ether oxygens (including phenoxy) is 1. The van der Waals surface area contributed by atoms with Gasteiger partial charge >= 0.3 is 6.18 Å². The van der Waals surface area contributed by atoms with Crippen molar-refractivity contribution in [3.8, 4) is 0 Å². The Kier molecular flexibility index (Phi) is 5.77. The molecule has 0 saturated carbocycles. The van der Waals surface area contributed by atoms with E-state index in [1.54, 1.807) is 4.90 Å². The summed E-state index contributed by atoms with van der Waals surface area (Å²) in [6.45, 7) is 5.54. The minimum Gasteiger partial charge on any atom is -0.382 e. The molecule has 1 N–H and O–H groups in total. The van der Waals surface area contributed by atoms with Gasteiger partial charge in [0.1, 0.15) is 0 Å². The van der Waals surface area contributed by atoms with Gasteiger partial charge < -0.3 is 19.6 Å². The van der Waals surface area contributed by atoms with E-state index in [4.69, 9.17) is 4.74 Å². The third-order valence-corrected chi connectivity index (χ3v) is 8.21. The van der Waals surface area contributed by atoms with Crippen molar-refractivity contribution in [1.82, 2.24) is 0 Å². The van der Waals surface area contributed by atoms with E-state index in [0.29, 0.717) is 18.4 Å². The predicted octanol–water partition coefficient (Wildman–Crippen LogP) is 5.10. The van der Waals surface area contributed by atoms with Crippen LogP contribution in [0.2, 0.25) is 0 Å². The second-order valence-electron chi connectivity index (χ2n) is 11.1. The van der Waals surface area contributed by atoms with Crippen LogP contribution in [-0.2, 0) is 16.6 Å². The van der Waals surface area contributed by atoms with Crippen molar-refractivity contribution in [1.29, 1.82) is 0 Å². The first kappa shape index (κ1) is 24.3. The van der Waals surface area contributed by atoms with Crippen molar-refractivity contribution in [2.24, 2.45) is 5.41 Å². The third-order valence-electron chi connectivity index (χ3n) is 8.21. The molecular formula is C30H31F3N2O2. The SMILES string of the molecule is Cc1cccc(C2(Cc3cccc(N4CC5(COC5)C4)c3)CN(C[C@@H](O)C(F)(F)F)c3ccccc32)c1. The molecule has 6 rings (SSSR count). The van der Waals surface area contributed by atoms with Crippen molar-refractivity contribution in [2.45, 2.75) is 31.0 Å². The first-order chi connectivity index (χ1) is 17.7. The molecule has 194 valence electrons. The van der Waals surface area contributed by atoms with E-state index in [9.17, 15) is 18.3 Å². The Bertz CT molecular complexity index is 1300. The van der Waals surface area contributed by atoms with E-state index in [1.165, 1.54) is 5.69 Å². The zero-order chi connectivity index (χ0) is 25.8. The van der Waals surface area contributed by atoms with Crippen molar-refractivity contribution in [2.75, 3.05) is 49.2 Å². The molecule has 0 amide bonds. The summed E-state index contributed by atoms with van der Waals surface area (Å²) in [6, 6.07) is 24.5. The lowest BCUT2D eigenvalue weighted by Gasteiger charge is -2.56. The van der Waals surface area contributed by atoms with Crippen LogP contribution in [0, 0.1) is 12.3 Å². The molecule has 0 bridgehead atoms. The van der Waals surface area contributed by atoms with Gasteiger partial charge in [0.25, 0.3) is 0 Å². The normalized spacial score (nSPS) is 22.9. The molecule has 0 aromatic heterocycles. The molecule has 2 fully saturated rings. The molecule has 3 heterocycles. The van der Waals surface area contributed by atoms with Crippen LogP contribution >= 0.6 is 0 Å². The second kappa shape index (κ2) is 8.77. The van der Waals surface area contributed by atoms with Gasteiger partial charge in [0, 0.05) is 36.4 Å². The summed E-state index contributed by atoms with van der Waals surface area (Å²) >= 11 is 0. The fraction of sp³-hybridized carbons (Fsp3) is 0.400. The maximum atomic E-state index is 13.3. The number of benzene rings is 3. The summed E-state index contributed by atoms with van der Waals surface area (Å²) in [5.74, 6) is 0. The van der Waals surface area contributed by atoms with E-state index in [0.717, 1.165) is 54.2 Å². The van der Waals surface area contributed by atoms with E-state index in [2.05, 4.69) is 41.3 Å². The quantitative estimate of drug-likeness (QED) is 0.503. The summed E-state index contributed by atoms with van der Waals surface area (Å²) in [7, 11) is 0. The number of alkyl halides is 3. The van der Waals surface area contributed by atoms with Crippen LogP contribution in [0.4, 0.5) is 24.5 Å². The lowest BCUT2D eigenvalue weighted by atomic mass is 9.71. The molecule has 1 spiro atoms. The molecule has 2 saturated heterocycles. The minimum absolute atomic E-state index is 0.309. The molecule has 0 aliphatic carbocycles. The number of anilines is 2. The van der Waals surface area contributed by atoms with Crippen LogP contribution in [0.3, 0.4) is 0 Å². The van der Waals surface area contributed by atoms with Gasteiger partial charge in [0.15, 0.2) is 6.10 Å². The maximum absolute atomic E-state index is 13.3. The molecule has 3 aromatic carbocycles. The van der Waals surface area contributed by atoms with Gasteiger partial charge in [-0.05, 0) is 48.2 Å². The number of rotatable bonds is 6. The van der Waals surface area contributed by atoms with Crippen LogP contribution < -0.4 is 9.80 Å². The van der Waals surface area contributed by atoms with E-state index in [-0.39, 0.29) is 0 Å². The van der Waals surface area contributed by atoms with Crippen LogP contribution in [0.5, 0.6) is 0 Å². The number of nitrogens with zero attached hydrogens (tertiary/aromatic N) is 2. The van der Waals surface area contributed by atoms with Crippen LogP contribution in [0.15, 0.2) is 72.8 Å². The molecular weight excluding hydrogens is 477 g/mol. The predicted molar refractivity (Wildman–Crippen MR) is 138 cm³/mol. The van der Waals surface area contributed by atoms with Crippen molar-refractivity contribution in [3.63, 3.8) is 0 Å². The van der Waals surface area contributed by atoms with Crippen LogP contribution in [0.25, 0.3) is 0 Å². The lowest BCUT2D eigenvalue weighted by Crippen LogP contribution is -2.66. The summed E-state index contributed by atoms with van der Waals surface area (Å²) in [5, 5.41) is 9.96. The summed E-state index contributed by atoms with van der Waals surface area (Å²) in [5.41, 5.74) is 5.98. The van der Waals surface area contributed by atoms with Crippen LogP contribution in [0.1, 0.15) is 22.3 Å². The number of fused-ring (bicyclic) bond motifs is 1. The second-order valence-corrected chi connectivity index (χ2v) is 11.1. The Labute approximate surface area is 215 Å². The molecule has 3 aliphatic rings. The Morgan fingerprint density at radius 3 is 2.41 bits per heavy atom. The fourth-order valence-electron chi connectivity index (χ4n) is 6.30. The number of aryl methyl sites for hydroxylation is 1. The van der Waals surface area contributed by atoms with Gasteiger partial charge in [-0.25, -0.2) is 0 Å². The first-order valence-electron chi connectivity index (χ1n) is 12.8. The number of hydrogen-bond donors (Lipinski definition) is 1. The monoisotopic (exact) mass is 508 g/mol. The van der Waals surface area contributed by atoms with Gasteiger partial charge in [-0.3, -0.25) is 0 Å². The highest BCUT2D eigenvalue weighted by Gasteiger charge is 2.50. The summed E-state index contributed by atoms with van der Waals surface area (Å²) in [6.07, 6.45) is -6.44. The molecule has 0 radical (unpaired) electrons. The van der Waals surface area contributed by atoms with Crippen molar-refractivity contribution < 1.29 is 23.0 Å². The Morgan fingerprint density at radius 1 is 0.946 bits per heavy atom. The number of para-hydroxylation sites is 1. The number of aliphatic hydroxyl groups excluding tert-OH is 1. The molecule has 7 heteroatoms. The molecule has 3 aliphatic heterocycles. The number of hydrogen-bond acceptors (Lipinski definition) is 4. The molecule has 1 unspecified atom stereocenters. The average molecular weight is 509 g/mol. The van der Waals surface area contributed by atoms with E-state index >= 15 is 0 Å². The zero-order valence-corrected chi connectivity index (χ0v) is 20.8. The highest BCUT2D eigenvalue weighted by atomic mass is 19.4. The van der Waals surface area contributed by atoms with Crippen molar-refractivity contribution >= 4 is 11.4 Å². The molecule has 2 atom stereocenters. The number of aliphatic hydroxyl groups is 1. The van der Waals surface area contributed by atoms with Crippen LogP contribution in [-0.4, -0.2) is 56.8 Å². The summed E-state index contributed by atoms with van der Waals surface area (Å²) < 4.78 is 45.5. The standard InChI is InChI=1S/C30H31F3N2O2/c1-21-6-4-8-23(12-21)29(14-22-7-5-9-24(13-22)35-16-28(17-35)19-37-20-28)18-34(15-27(36)30(31,32)33)26-11-3-2-10-25(26)29/h2-13,27,36H,14-20H2,1H3/t27-,29?/m1/s1. The number of β-amino-alcohol motifs (C(OH)–C–C–N with tert-alkyl or cyclic N) is 1. The first-order valence-corrected chi connectivity index (χ1v) is 12.8. The van der Waals surface area contributed by atoms with E-state index in [1.807, 2.05) is 43.3 Å². The van der Waals surface area contributed by atoms with Gasteiger partial charge in [-0.2, -0.15) is 13.2 Å². The topological polar surface area (TPSA) is 35.9 Å². The summed E-state index contributed by atoms with van der Waals surface area (Å²) in [4.78, 5) is 4.08. The fourth-order valence-corrected chi connectivity index (χ4v) is 6.30. The van der Waals surface area contributed by atoms with Gasteiger partial charge in [-0.15, -0.1) is 0 Å². The molecule has 3 aromatic rings. The maximum Gasteiger partial charge on any atom is 0.416 e.